The molecule has 2 aromatic rings. The number of amides is 1. The van der Waals surface area contributed by atoms with Crippen molar-refractivity contribution in [2.45, 2.75) is 19.9 Å². The van der Waals surface area contributed by atoms with Crippen LogP contribution in [0.4, 0.5) is 4.39 Å². The van der Waals surface area contributed by atoms with Gasteiger partial charge in [0, 0.05) is 10.7 Å². The molecule has 0 aliphatic rings. The van der Waals surface area contributed by atoms with Crippen molar-refractivity contribution in [3.8, 4) is 0 Å². The molecule has 1 heterocycles. The summed E-state index contributed by atoms with van der Waals surface area (Å²) in [6, 6.07) is 6.02. The van der Waals surface area contributed by atoms with Crippen LogP contribution in [-0.4, -0.2) is 34.4 Å². The van der Waals surface area contributed by atoms with Gasteiger partial charge in [0.05, 0.1) is 11.4 Å². The van der Waals surface area contributed by atoms with E-state index in [2.05, 4.69) is 5.16 Å². The number of carbonyl (C=O) groups is 1. The van der Waals surface area contributed by atoms with Crippen LogP contribution in [0.25, 0.3) is 10.1 Å². The zero-order valence-corrected chi connectivity index (χ0v) is 12.5. The Kier molecular flexibility index (Phi) is 4.42. The highest BCUT2D eigenvalue weighted by molar-refractivity contribution is 7.20. The SMILES string of the molecule is CC(C)N(C/C(N)=N/O)C(=O)c1cc2ccc(F)cc2s1. The molecule has 0 saturated heterocycles. The second-order valence-corrected chi connectivity index (χ2v) is 5.99. The van der Waals surface area contributed by atoms with Crippen molar-refractivity contribution in [3.63, 3.8) is 0 Å². The molecule has 1 aromatic carbocycles. The minimum Gasteiger partial charge on any atom is -0.409 e. The average molecular weight is 309 g/mol. The normalized spacial score (nSPS) is 12.1. The predicted octanol–water partition coefficient (Wildman–Crippen LogP) is 2.64. The second kappa shape index (κ2) is 6.09. The van der Waals surface area contributed by atoms with Crippen LogP contribution in [-0.2, 0) is 0 Å². The highest BCUT2D eigenvalue weighted by atomic mass is 32.1. The molecule has 7 heteroatoms. The molecule has 2 rings (SSSR count). The lowest BCUT2D eigenvalue weighted by molar-refractivity contribution is 0.0739. The monoisotopic (exact) mass is 309 g/mol. The van der Waals surface area contributed by atoms with Gasteiger partial charge in [-0.05, 0) is 37.4 Å². The summed E-state index contributed by atoms with van der Waals surface area (Å²) in [4.78, 5) is 14.5. The van der Waals surface area contributed by atoms with Gasteiger partial charge in [-0.1, -0.05) is 11.2 Å². The Morgan fingerprint density at radius 1 is 1.48 bits per heavy atom. The molecule has 112 valence electrons. The fraction of sp³-hybridized carbons (Fsp3) is 0.286. The van der Waals surface area contributed by atoms with Crippen LogP contribution in [0, 0.1) is 5.82 Å². The quantitative estimate of drug-likeness (QED) is 0.394. The smallest absolute Gasteiger partial charge is 0.264 e. The lowest BCUT2D eigenvalue weighted by Gasteiger charge is -2.25. The maximum absolute atomic E-state index is 13.2. The molecule has 5 nitrogen and oxygen atoms in total. The number of rotatable bonds is 4. The van der Waals surface area contributed by atoms with E-state index in [-0.39, 0.29) is 30.1 Å². The van der Waals surface area contributed by atoms with Crippen LogP contribution in [0.15, 0.2) is 29.4 Å². The summed E-state index contributed by atoms with van der Waals surface area (Å²) in [5, 5.41) is 12.4. The molecule has 21 heavy (non-hydrogen) atoms. The van der Waals surface area contributed by atoms with Crippen molar-refractivity contribution in [2.24, 2.45) is 10.9 Å². The van der Waals surface area contributed by atoms with Gasteiger partial charge in [-0.15, -0.1) is 11.3 Å². The first kappa shape index (κ1) is 15.2. The minimum absolute atomic E-state index is 0.0373. The molecule has 0 saturated carbocycles. The van der Waals surface area contributed by atoms with E-state index in [1.54, 1.807) is 12.1 Å². The molecule has 0 radical (unpaired) electrons. The van der Waals surface area contributed by atoms with Gasteiger partial charge in [-0.3, -0.25) is 4.79 Å². The zero-order valence-electron chi connectivity index (χ0n) is 11.7. The Balaban J connectivity index is 2.34. The molecular formula is C14H16FN3O2S. The number of oxime groups is 1. The molecule has 0 unspecified atom stereocenters. The summed E-state index contributed by atoms with van der Waals surface area (Å²) in [6.07, 6.45) is 0. The van der Waals surface area contributed by atoms with E-state index in [1.807, 2.05) is 13.8 Å². The third-order valence-corrected chi connectivity index (χ3v) is 4.12. The van der Waals surface area contributed by atoms with Gasteiger partial charge in [0.25, 0.3) is 5.91 Å². The van der Waals surface area contributed by atoms with E-state index < -0.39 is 0 Å². The van der Waals surface area contributed by atoms with E-state index in [0.717, 1.165) is 5.39 Å². The lowest BCUT2D eigenvalue weighted by atomic mass is 10.2. The van der Waals surface area contributed by atoms with Crippen molar-refractivity contribution in [1.29, 1.82) is 0 Å². The van der Waals surface area contributed by atoms with Gasteiger partial charge >= 0.3 is 0 Å². The van der Waals surface area contributed by atoms with Crippen LogP contribution in [0.3, 0.4) is 0 Å². The van der Waals surface area contributed by atoms with E-state index in [9.17, 15) is 9.18 Å². The fourth-order valence-electron chi connectivity index (χ4n) is 1.95. The maximum atomic E-state index is 13.2. The Bertz CT molecular complexity index is 697. The highest BCUT2D eigenvalue weighted by Gasteiger charge is 2.22. The van der Waals surface area contributed by atoms with Crippen LogP contribution in [0.1, 0.15) is 23.5 Å². The summed E-state index contributed by atoms with van der Waals surface area (Å²) in [7, 11) is 0. The van der Waals surface area contributed by atoms with Crippen molar-refractivity contribution >= 4 is 33.2 Å². The van der Waals surface area contributed by atoms with Gasteiger partial charge in [-0.25, -0.2) is 4.39 Å². The molecule has 1 amide bonds. The first-order chi connectivity index (χ1) is 9.92. The molecular weight excluding hydrogens is 293 g/mol. The Labute approximate surface area is 125 Å². The van der Waals surface area contributed by atoms with Crippen molar-refractivity contribution in [1.82, 2.24) is 4.90 Å². The molecule has 0 atom stereocenters. The topological polar surface area (TPSA) is 78.9 Å². The number of carbonyl (C=O) groups excluding carboxylic acids is 1. The van der Waals surface area contributed by atoms with E-state index in [4.69, 9.17) is 10.9 Å². The van der Waals surface area contributed by atoms with Crippen molar-refractivity contribution in [3.05, 3.63) is 35.0 Å². The number of hydrogen-bond acceptors (Lipinski definition) is 4. The summed E-state index contributed by atoms with van der Waals surface area (Å²) in [5.41, 5.74) is 5.48. The lowest BCUT2D eigenvalue weighted by Crippen LogP contribution is -2.42. The third kappa shape index (κ3) is 3.30. The first-order valence-electron chi connectivity index (χ1n) is 6.39. The minimum atomic E-state index is -0.333. The first-order valence-corrected chi connectivity index (χ1v) is 7.20. The standard InChI is InChI=1S/C14H16FN3O2S/c1-8(2)18(7-13(16)17-20)14(19)12-5-9-3-4-10(15)6-11(9)21-12/h3-6,8,20H,7H2,1-2H3,(H2,16,17). The highest BCUT2D eigenvalue weighted by Crippen LogP contribution is 2.27. The van der Waals surface area contributed by atoms with E-state index in [0.29, 0.717) is 9.58 Å². The predicted molar refractivity (Wildman–Crippen MR) is 81.4 cm³/mol. The molecule has 0 fully saturated rings. The largest absolute Gasteiger partial charge is 0.409 e. The van der Waals surface area contributed by atoms with E-state index in [1.165, 1.54) is 28.4 Å². The Morgan fingerprint density at radius 3 is 2.81 bits per heavy atom. The van der Waals surface area contributed by atoms with Crippen LogP contribution < -0.4 is 5.73 Å². The van der Waals surface area contributed by atoms with Crippen LogP contribution in [0.2, 0.25) is 0 Å². The summed E-state index contributed by atoms with van der Waals surface area (Å²) in [6.45, 7) is 3.72. The molecule has 0 spiro atoms. The number of nitrogens with two attached hydrogens (primary N) is 1. The van der Waals surface area contributed by atoms with Crippen LogP contribution in [0.5, 0.6) is 0 Å². The van der Waals surface area contributed by atoms with Gasteiger partial charge in [0.1, 0.15) is 5.82 Å². The molecule has 3 N–H and O–H groups in total. The Hall–Kier alpha value is -2.15. The average Bonchev–Trinajstić information content (AvgIpc) is 2.86. The maximum Gasteiger partial charge on any atom is 0.264 e. The van der Waals surface area contributed by atoms with Crippen molar-refractivity contribution in [2.75, 3.05) is 6.54 Å². The van der Waals surface area contributed by atoms with Gasteiger partial charge in [0.2, 0.25) is 0 Å². The number of halogens is 1. The molecule has 0 bridgehead atoms. The molecule has 0 aliphatic carbocycles. The number of hydrogen-bond donors (Lipinski definition) is 2. The Morgan fingerprint density at radius 2 is 2.19 bits per heavy atom. The number of amidine groups is 1. The fourth-order valence-corrected chi connectivity index (χ4v) is 2.99. The summed E-state index contributed by atoms with van der Waals surface area (Å²) in [5.74, 6) is -0.594. The third-order valence-electron chi connectivity index (χ3n) is 3.04. The van der Waals surface area contributed by atoms with E-state index >= 15 is 0 Å². The molecule has 1 aromatic heterocycles. The van der Waals surface area contributed by atoms with Crippen LogP contribution >= 0.6 is 11.3 Å². The molecule has 0 aliphatic heterocycles. The van der Waals surface area contributed by atoms with Crippen molar-refractivity contribution < 1.29 is 14.4 Å². The number of fused-ring (bicyclic) bond motifs is 1. The van der Waals surface area contributed by atoms with Gasteiger partial charge < -0.3 is 15.8 Å². The zero-order chi connectivity index (χ0) is 15.6. The number of nitrogens with zero attached hydrogens (tertiary/aromatic N) is 2. The van der Waals surface area contributed by atoms with Gasteiger partial charge in [0.15, 0.2) is 5.84 Å². The summed E-state index contributed by atoms with van der Waals surface area (Å²) < 4.78 is 13.9. The summed E-state index contributed by atoms with van der Waals surface area (Å²) >= 11 is 1.23. The van der Waals surface area contributed by atoms with Gasteiger partial charge in [-0.2, -0.15) is 0 Å². The number of benzene rings is 1. The number of thiophene rings is 1. The second-order valence-electron chi connectivity index (χ2n) is 4.91.